The summed E-state index contributed by atoms with van der Waals surface area (Å²) in [6, 6.07) is 12.5. The average molecular weight is 971 g/mol. The molecule has 2 aromatic heterocycles. The lowest BCUT2D eigenvalue weighted by Crippen LogP contribution is -2.62. The second-order valence-corrected chi connectivity index (χ2v) is 20.9. The Morgan fingerprint density at radius 3 is 2.56 bits per heavy atom. The summed E-state index contributed by atoms with van der Waals surface area (Å²) >= 11 is 0. The first-order valence-electron chi connectivity index (χ1n) is 25.2. The zero-order valence-electron chi connectivity index (χ0n) is 42.5. The van der Waals surface area contributed by atoms with E-state index >= 15 is 0 Å². The van der Waals surface area contributed by atoms with Gasteiger partial charge < -0.3 is 34.3 Å². The third-order valence-corrected chi connectivity index (χ3v) is 14.6. The number of carbonyl (C=O) groups excluding carboxylic acids is 5. The van der Waals surface area contributed by atoms with Gasteiger partial charge in [0.25, 0.3) is 11.8 Å². The highest BCUT2D eigenvalue weighted by Crippen LogP contribution is 2.41. The number of nitrogens with one attached hydrogen (secondary N) is 2. The molecule has 3 fully saturated rings. The van der Waals surface area contributed by atoms with Crippen LogP contribution in [0.3, 0.4) is 0 Å². The van der Waals surface area contributed by atoms with Gasteiger partial charge in [-0.25, -0.2) is 5.43 Å². The van der Waals surface area contributed by atoms with Crippen molar-refractivity contribution in [1.82, 2.24) is 40.0 Å². The van der Waals surface area contributed by atoms with Crippen molar-refractivity contribution in [3.8, 4) is 40.0 Å². The minimum atomic E-state index is -1.17. The summed E-state index contributed by atoms with van der Waals surface area (Å²) in [7, 11) is 5.25. The van der Waals surface area contributed by atoms with Crippen LogP contribution in [0.1, 0.15) is 83.5 Å². The predicted molar refractivity (Wildman–Crippen MR) is 270 cm³/mol. The maximum absolute atomic E-state index is 14.8. The van der Waals surface area contributed by atoms with E-state index < -0.39 is 47.2 Å². The molecule has 71 heavy (non-hydrogen) atoms. The van der Waals surface area contributed by atoms with E-state index in [2.05, 4.69) is 71.0 Å². The molecule has 0 spiro atoms. The highest BCUT2D eigenvalue weighted by atomic mass is 16.5. The van der Waals surface area contributed by atoms with Crippen LogP contribution in [-0.2, 0) is 59.4 Å². The number of carbonyl (C=O) groups is 5. The summed E-state index contributed by atoms with van der Waals surface area (Å²) in [6.07, 6.45) is 5.64. The van der Waals surface area contributed by atoms with Crippen molar-refractivity contribution < 1.29 is 38.6 Å². The van der Waals surface area contributed by atoms with Crippen molar-refractivity contribution in [3.05, 3.63) is 71.5 Å². The van der Waals surface area contributed by atoms with Gasteiger partial charge in [0.1, 0.15) is 23.9 Å². The predicted octanol–water partition coefficient (Wildman–Crippen LogP) is 5.32. The zero-order valence-corrected chi connectivity index (χ0v) is 42.5. The van der Waals surface area contributed by atoms with Crippen LogP contribution in [0.2, 0.25) is 0 Å². The second-order valence-electron chi connectivity index (χ2n) is 20.9. The normalized spacial score (nSPS) is 22.2. The molecule has 4 amide bonds. The molecule has 3 saturated heterocycles. The number of likely N-dealkylation sites (N-methyl/N-ethyl adjacent to an activating group) is 1. The van der Waals surface area contributed by atoms with Gasteiger partial charge in [-0.05, 0) is 130 Å². The molecule has 0 unspecified atom stereocenters. The summed E-state index contributed by atoms with van der Waals surface area (Å²) in [5, 5.41) is 16.8. The van der Waals surface area contributed by atoms with Crippen molar-refractivity contribution in [2.75, 3.05) is 54.0 Å². The van der Waals surface area contributed by atoms with Crippen molar-refractivity contribution in [2.45, 2.75) is 117 Å². The molecular formula is C55H70N8O8. The van der Waals surface area contributed by atoms with Crippen LogP contribution in [0.5, 0.6) is 5.75 Å². The third kappa shape index (κ3) is 11.1. The van der Waals surface area contributed by atoms with Crippen LogP contribution < -0.4 is 10.7 Å². The number of fused-ring (bicyclic) bond motifs is 6. The van der Waals surface area contributed by atoms with E-state index in [0.717, 1.165) is 63.9 Å². The first kappa shape index (κ1) is 51.1. The molecule has 4 aromatic rings. The smallest absolute Gasteiger partial charge is 0.324 e. The van der Waals surface area contributed by atoms with E-state index in [1.54, 1.807) is 37.4 Å². The Balaban J connectivity index is 1.13. The molecule has 0 aliphatic carbocycles. The molecular weight excluding hydrogens is 901 g/mol. The van der Waals surface area contributed by atoms with Gasteiger partial charge in [-0.1, -0.05) is 45.7 Å². The number of methoxy groups -OCH3 is 1. The van der Waals surface area contributed by atoms with E-state index in [-0.39, 0.29) is 55.6 Å². The van der Waals surface area contributed by atoms with Gasteiger partial charge in [0, 0.05) is 74.8 Å². The Morgan fingerprint density at radius 2 is 1.83 bits per heavy atom. The van der Waals surface area contributed by atoms with Crippen LogP contribution in [0.15, 0.2) is 54.7 Å². The summed E-state index contributed by atoms with van der Waals surface area (Å²) in [5.74, 6) is 2.95. The fourth-order valence-corrected chi connectivity index (χ4v) is 11.0. The van der Waals surface area contributed by atoms with Gasteiger partial charge in [-0.15, -0.1) is 0 Å². The van der Waals surface area contributed by atoms with Gasteiger partial charge in [0.05, 0.1) is 36.6 Å². The second kappa shape index (κ2) is 21.6. The molecule has 8 rings (SSSR count). The number of aromatic hydroxyl groups is 1. The van der Waals surface area contributed by atoms with E-state index in [9.17, 15) is 29.1 Å². The van der Waals surface area contributed by atoms with Crippen molar-refractivity contribution in [3.63, 3.8) is 0 Å². The topological polar surface area (TPSA) is 179 Å². The lowest BCUT2D eigenvalue weighted by Gasteiger charge is -2.37. The molecule has 16 nitrogen and oxygen atoms in total. The summed E-state index contributed by atoms with van der Waals surface area (Å²) < 4.78 is 14.0. The zero-order chi connectivity index (χ0) is 50.7. The number of rotatable bonds is 9. The summed E-state index contributed by atoms with van der Waals surface area (Å²) in [4.78, 5) is 80.7. The maximum atomic E-state index is 14.8. The first-order chi connectivity index (χ1) is 34.0. The monoisotopic (exact) mass is 971 g/mol. The molecule has 0 saturated carbocycles. The molecule has 4 aliphatic heterocycles. The number of nitrogens with zero attached hydrogens (tertiary/aromatic N) is 6. The van der Waals surface area contributed by atoms with E-state index in [1.165, 1.54) is 9.91 Å². The summed E-state index contributed by atoms with van der Waals surface area (Å²) in [5.41, 5.74) is 9.55. The number of esters is 1. The Bertz CT molecular complexity index is 2740. The first-order valence-corrected chi connectivity index (χ1v) is 25.2. The number of cyclic esters (lactones) is 1. The lowest BCUT2D eigenvalue weighted by atomic mass is 9.84. The van der Waals surface area contributed by atoms with Crippen LogP contribution in [0, 0.1) is 29.1 Å². The maximum Gasteiger partial charge on any atom is 0.324 e. The highest BCUT2D eigenvalue weighted by Gasteiger charge is 2.40. The number of aryl methyl sites for hydroxylation is 1. The van der Waals surface area contributed by atoms with E-state index in [4.69, 9.17) is 14.5 Å². The number of likely N-dealkylation sites (tertiary alicyclic amines) is 2. The standard InChI is InChI=1S/C55H70N8O8/c1-9-62-47-18-16-36-29-42(47)43(50(62)41-14-10-21-56-46(41)32-70-8)30-55(4,5)33-71-54(69)44-15-12-23-63(58-44)53(68)45(27-35-25-38(36)28-40(64)26-35)57-51(66)49(34(2)3)60(7)52(67)37-20-24-61(31-37)48(65)19-17-39-13-11-22-59(39)6/h10,14,16,18,21,25-26,28-29,34,37,39,44-45,49,58,64H,9,11-13,15,20,22-24,27,30-33H2,1-8H3,(H,57,66)/t37-,39+,44-,45-,49-/m0/s1. The van der Waals surface area contributed by atoms with Crippen LogP contribution in [0.25, 0.3) is 33.3 Å². The van der Waals surface area contributed by atoms with E-state index in [0.29, 0.717) is 50.9 Å². The minimum absolute atomic E-state index is 0.0116. The van der Waals surface area contributed by atoms with Crippen molar-refractivity contribution in [1.29, 1.82) is 0 Å². The fourth-order valence-electron chi connectivity index (χ4n) is 11.0. The molecule has 16 heteroatoms. The van der Waals surface area contributed by atoms with Crippen LogP contribution in [0.4, 0.5) is 0 Å². The molecule has 2 aromatic carbocycles. The highest BCUT2D eigenvalue weighted by molar-refractivity contribution is 5.97. The van der Waals surface area contributed by atoms with Gasteiger partial charge >= 0.3 is 5.97 Å². The fraction of sp³-hybridized carbons (Fsp3) is 0.527. The number of phenolic OH excluding ortho intramolecular Hbond substituents is 1. The number of hydrogen-bond donors (Lipinski definition) is 3. The Morgan fingerprint density at radius 1 is 1.04 bits per heavy atom. The number of hydrazine groups is 1. The largest absolute Gasteiger partial charge is 0.508 e. The van der Waals surface area contributed by atoms with Gasteiger partial charge in [0.15, 0.2) is 0 Å². The molecule has 0 radical (unpaired) electrons. The number of amides is 4. The lowest BCUT2D eigenvalue weighted by molar-refractivity contribution is -0.155. The Labute approximate surface area is 417 Å². The van der Waals surface area contributed by atoms with Crippen molar-refractivity contribution in [2.24, 2.45) is 17.3 Å². The van der Waals surface area contributed by atoms with E-state index in [1.807, 2.05) is 39.1 Å². The molecule has 6 bridgehead atoms. The molecule has 6 heterocycles. The molecule has 3 N–H and O–H groups in total. The number of phenols is 1. The average Bonchev–Trinajstić information content (AvgIpc) is 4.09. The number of ether oxygens (including phenoxy) is 2. The number of hydrogen-bond acceptors (Lipinski definition) is 11. The Hall–Kier alpha value is -6.28. The number of benzene rings is 2. The molecule has 5 atom stereocenters. The summed E-state index contributed by atoms with van der Waals surface area (Å²) in [6.45, 7) is 12.8. The molecule has 378 valence electrons. The van der Waals surface area contributed by atoms with Crippen LogP contribution in [-0.4, -0.2) is 142 Å². The van der Waals surface area contributed by atoms with Gasteiger partial charge in [0.2, 0.25) is 11.8 Å². The third-order valence-electron chi connectivity index (χ3n) is 14.6. The quantitative estimate of drug-likeness (QED) is 0.146. The molecule has 4 aliphatic rings. The minimum Gasteiger partial charge on any atom is -0.508 e. The van der Waals surface area contributed by atoms with Gasteiger partial charge in [-0.3, -0.25) is 38.9 Å². The van der Waals surface area contributed by atoms with Crippen molar-refractivity contribution >= 4 is 40.5 Å². The van der Waals surface area contributed by atoms with Crippen LogP contribution >= 0.6 is 0 Å². The Kier molecular flexibility index (Phi) is 15.5. The number of pyridine rings is 1. The SMILES string of the molecule is CCn1c(-c2cccnc2COC)c2c3cc(ccc31)-c1cc(O)cc(c1)C[C@H](NC(=O)[C@H](C(C)C)N(C)C(=O)[C@H]1CCN(C(=O)C#C[C@H]3CCCN3C)C1)C(=O)N1CCC[C@H](N1)C(=O)OCC(C)(C)C2. The van der Waals surface area contributed by atoms with Gasteiger partial charge in [-0.2, -0.15) is 0 Å². The number of aromatic nitrogens is 2.